The molecule has 0 aliphatic heterocycles. The fraction of sp³-hybridized carbons (Fsp3) is 0.586. The second-order valence-electron chi connectivity index (χ2n) is 20.9. The summed E-state index contributed by atoms with van der Waals surface area (Å²) in [5.41, 5.74) is 0. The zero-order valence-corrected chi connectivity index (χ0v) is 50.4. The van der Waals surface area contributed by atoms with Crippen molar-refractivity contribution in [3.63, 3.8) is 0 Å². The molecule has 0 aromatic rings. The number of carbonyl (C=O) groups excluding carboxylic acids is 3. The third-order valence-corrected chi connectivity index (χ3v) is 12.3. The van der Waals surface area contributed by atoms with E-state index in [0.29, 0.717) is 23.9 Å². The summed E-state index contributed by atoms with van der Waals surface area (Å²) in [6.45, 7) is 4.41. The lowest BCUT2D eigenvalue weighted by atomic mass is 10.0. The summed E-state index contributed by atoms with van der Waals surface area (Å²) < 4.78 is 22.6. The summed E-state index contributed by atoms with van der Waals surface area (Å²) in [7, 11) is 5.89. The number of hydrogen-bond donors (Lipinski definition) is 0. The summed E-state index contributed by atoms with van der Waals surface area (Å²) in [5, 5.41) is 11.8. The maximum atomic E-state index is 12.9. The number of aliphatic carboxylic acids is 1. The zero-order chi connectivity index (χ0) is 57.6. The number of likely N-dealkylation sites (N-methyl/N-ethyl adjacent to an activating group) is 1. The second kappa shape index (κ2) is 59.0. The molecule has 0 aliphatic carbocycles. The van der Waals surface area contributed by atoms with E-state index >= 15 is 0 Å². The predicted octanol–water partition coefficient (Wildman–Crippen LogP) is 17.2. The van der Waals surface area contributed by atoms with Crippen LogP contribution in [0.2, 0.25) is 0 Å². The SMILES string of the molecule is CC/C=C\C/C=C\C/C=C\C/C=C\C/C=C\C/C=C\C/C=C\CCCCCCCCCCCCCCCC(=O)OC(COC(=O)CC/C=C\C/C=C\C/C=C\C/C=C\C/C=C\C/C=C\CC)COC(OCC[N+](C)(C)C)C(=O)[O-]. The first-order chi connectivity index (χ1) is 38.6. The quantitative estimate of drug-likeness (QED) is 0.0195. The van der Waals surface area contributed by atoms with Crippen molar-refractivity contribution in [2.45, 2.75) is 219 Å². The molecule has 0 aliphatic rings. The molecule has 2 unspecified atom stereocenters. The van der Waals surface area contributed by atoms with Crippen LogP contribution in [0.3, 0.4) is 0 Å². The van der Waals surface area contributed by atoms with Crippen molar-refractivity contribution < 1.29 is 42.9 Å². The molecule has 2 atom stereocenters. The number of hydrogen-bond acceptors (Lipinski definition) is 8. The lowest BCUT2D eigenvalue weighted by Crippen LogP contribution is -2.44. The van der Waals surface area contributed by atoms with Gasteiger partial charge >= 0.3 is 11.9 Å². The number of quaternary nitrogens is 1. The van der Waals surface area contributed by atoms with E-state index in [1.54, 1.807) is 0 Å². The molecule has 0 saturated carbocycles. The Morgan fingerprint density at radius 1 is 0.380 bits per heavy atom. The van der Waals surface area contributed by atoms with Crippen LogP contribution in [-0.2, 0) is 33.3 Å². The molecule has 0 N–H and O–H groups in total. The van der Waals surface area contributed by atoms with Crippen LogP contribution in [0.5, 0.6) is 0 Å². The minimum absolute atomic E-state index is 0.128. The smallest absolute Gasteiger partial charge is 0.306 e. The van der Waals surface area contributed by atoms with Gasteiger partial charge in [0.25, 0.3) is 0 Å². The van der Waals surface area contributed by atoms with Crippen molar-refractivity contribution >= 4 is 17.9 Å². The molecule has 79 heavy (non-hydrogen) atoms. The van der Waals surface area contributed by atoms with Gasteiger partial charge in [-0.15, -0.1) is 0 Å². The first-order valence-corrected chi connectivity index (χ1v) is 30.6. The molecule has 0 heterocycles. The third kappa shape index (κ3) is 60.4. The average Bonchev–Trinajstić information content (AvgIpc) is 3.42. The molecule has 0 aromatic carbocycles. The Hall–Kier alpha value is -5.09. The van der Waals surface area contributed by atoms with Crippen LogP contribution in [0.1, 0.15) is 206 Å². The van der Waals surface area contributed by atoms with E-state index in [-0.39, 0.29) is 32.7 Å². The molecule has 9 nitrogen and oxygen atoms in total. The topological polar surface area (TPSA) is 111 Å². The largest absolute Gasteiger partial charge is 0.545 e. The fourth-order valence-electron chi connectivity index (χ4n) is 7.66. The highest BCUT2D eigenvalue weighted by Gasteiger charge is 2.21. The van der Waals surface area contributed by atoms with E-state index in [4.69, 9.17) is 18.9 Å². The van der Waals surface area contributed by atoms with Gasteiger partial charge in [-0.1, -0.05) is 242 Å². The predicted molar refractivity (Wildman–Crippen MR) is 333 cm³/mol. The molecule has 0 amide bonds. The lowest BCUT2D eigenvalue weighted by Gasteiger charge is -2.26. The van der Waals surface area contributed by atoms with E-state index in [9.17, 15) is 19.5 Å². The first-order valence-electron chi connectivity index (χ1n) is 30.6. The summed E-state index contributed by atoms with van der Waals surface area (Å²) in [6.07, 6.45) is 84.6. The van der Waals surface area contributed by atoms with Crippen LogP contribution in [0, 0.1) is 0 Å². The number of nitrogens with zero attached hydrogens (tertiary/aromatic N) is 1. The van der Waals surface area contributed by atoms with Gasteiger partial charge in [-0.05, 0) is 109 Å². The molecule has 0 spiro atoms. The molecule has 0 fully saturated rings. The van der Waals surface area contributed by atoms with Crippen LogP contribution >= 0.6 is 0 Å². The van der Waals surface area contributed by atoms with Crippen molar-refractivity contribution in [2.75, 3.05) is 47.5 Å². The molecular weight excluding hydrogens is 983 g/mol. The van der Waals surface area contributed by atoms with E-state index in [1.165, 1.54) is 64.2 Å². The van der Waals surface area contributed by atoms with Gasteiger partial charge in [0, 0.05) is 12.8 Å². The van der Waals surface area contributed by atoms with E-state index in [2.05, 4.69) is 160 Å². The Kier molecular flexibility index (Phi) is 55.2. The summed E-state index contributed by atoms with van der Waals surface area (Å²) in [4.78, 5) is 37.3. The maximum Gasteiger partial charge on any atom is 0.306 e. The summed E-state index contributed by atoms with van der Waals surface area (Å²) in [6, 6.07) is 0. The number of esters is 2. The summed E-state index contributed by atoms with van der Waals surface area (Å²) >= 11 is 0. The number of unbranched alkanes of at least 4 members (excludes halogenated alkanes) is 13. The van der Waals surface area contributed by atoms with Crippen LogP contribution in [0.25, 0.3) is 0 Å². The van der Waals surface area contributed by atoms with E-state index < -0.39 is 30.3 Å². The van der Waals surface area contributed by atoms with Gasteiger partial charge in [-0.3, -0.25) is 9.59 Å². The number of carboxylic acids is 1. The minimum atomic E-state index is -1.65. The Bertz CT molecular complexity index is 1850. The molecule has 0 saturated heterocycles. The zero-order valence-electron chi connectivity index (χ0n) is 50.4. The second-order valence-corrected chi connectivity index (χ2v) is 20.9. The average molecular weight is 1090 g/mol. The number of allylic oxidation sites excluding steroid dienone is 26. The van der Waals surface area contributed by atoms with Crippen LogP contribution in [-0.4, -0.2) is 82.3 Å². The molecule has 0 radical (unpaired) electrons. The van der Waals surface area contributed by atoms with Crippen LogP contribution < -0.4 is 5.11 Å². The highest BCUT2D eigenvalue weighted by atomic mass is 16.7. The molecule has 0 rings (SSSR count). The van der Waals surface area contributed by atoms with Gasteiger partial charge in [-0.2, -0.15) is 0 Å². The first kappa shape index (κ1) is 73.9. The number of rotatable bonds is 54. The highest BCUT2D eigenvalue weighted by molar-refractivity contribution is 5.70. The van der Waals surface area contributed by atoms with Gasteiger partial charge in [0.1, 0.15) is 13.2 Å². The molecular formula is C70H111NO8. The van der Waals surface area contributed by atoms with Crippen molar-refractivity contribution in [3.8, 4) is 0 Å². The standard InChI is InChI=1S/C70H111NO8/c1-6-8-10-12-14-16-18-20-22-24-26-27-28-29-30-31-32-33-34-35-36-37-38-39-40-41-43-45-47-49-51-53-55-57-59-61-68(73)79-66(65-78-70(69(74)75)76-63-62-71(3,4)5)64-77-67(72)60-58-56-54-52-50-48-46-44-42-25-23-21-19-17-15-13-11-9-7-2/h8-11,14-17,20-23,26-27,29-30,32-33,35-36,42,44,48,50,54,56,66,70H,6-7,12-13,18-19,24-25,28,31,34,37-41,43,45-47,49,51-53,55,57-65H2,1-5H3/b10-8-,11-9-,16-14-,17-15-,22-20-,23-21-,27-26-,30-29-,33-32-,36-35-,44-42-,50-48-,56-54-. The monoisotopic (exact) mass is 1090 g/mol. The van der Waals surface area contributed by atoms with E-state index in [0.717, 1.165) is 103 Å². The van der Waals surface area contributed by atoms with Gasteiger partial charge in [-0.25, -0.2) is 0 Å². The third-order valence-electron chi connectivity index (χ3n) is 12.3. The van der Waals surface area contributed by atoms with Crippen LogP contribution in [0.4, 0.5) is 0 Å². The Morgan fingerprint density at radius 3 is 1.06 bits per heavy atom. The Morgan fingerprint density at radius 2 is 0.709 bits per heavy atom. The molecule has 444 valence electrons. The lowest BCUT2D eigenvalue weighted by molar-refractivity contribution is -0.870. The van der Waals surface area contributed by atoms with Crippen LogP contribution in [0.15, 0.2) is 158 Å². The number of carbonyl (C=O) groups is 3. The number of carboxylic acid groups (broad SMARTS) is 1. The van der Waals surface area contributed by atoms with Crippen molar-refractivity contribution in [1.29, 1.82) is 0 Å². The highest BCUT2D eigenvalue weighted by Crippen LogP contribution is 2.15. The summed E-state index contributed by atoms with van der Waals surface area (Å²) in [5.74, 6) is -2.41. The van der Waals surface area contributed by atoms with Crippen molar-refractivity contribution in [1.82, 2.24) is 0 Å². The normalized spacial score (nSPS) is 13.9. The Balaban J connectivity index is 4.26. The minimum Gasteiger partial charge on any atom is -0.545 e. The van der Waals surface area contributed by atoms with Crippen molar-refractivity contribution in [3.05, 3.63) is 158 Å². The Labute approximate surface area is 483 Å². The fourth-order valence-corrected chi connectivity index (χ4v) is 7.66. The van der Waals surface area contributed by atoms with Gasteiger partial charge in [0.2, 0.25) is 0 Å². The molecule has 0 aromatic heterocycles. The van der Waals surface area contributed by atoms with E-state index in [1.807, 2.05) is 33.3 Å². The van der Waals surface area contributed by atoms with Gasteiger partial charge in [0.15, 0.2) is 12.4 Å². The number of ether oxygens (including phenoxy) is 4. The van der Waals surface area contributed by atoms with Crippen molar-refractivity contribution in [2.24, 2.45) is 0 Å². The molecule has 0 bridgehead atoms. The molecule has 9 heteroatoms. The van der Waals surface area contributed by atoms with Gasteiger partial charge in [0.05, 0.1) is 40.3 Å². The maximum absolute atomic E-state index is 12.9. The van der Waals surface area contributed by atoms with Gasteiger partial charge < -0.3 is 33.3 Å².